The van der Waals surface area contributed by atoms with Gasteiger partial charge in [0.2, 0.25) is 0 Å². The lowest BCUT2D eigenvalue weighted by molar-refractivity contribution is 0.196. The van der Waals surface area contributed by atoms with Crippen molar-refractivity contribution in [3.05, 3.63) is 76.9 Å². The number of likely N-dealkylation sites (tertiary alicyclic amines) is 1. The minimum Gasteiger partial charge on any atom is -0.299 e. The molecule has 0 aliphatic carbocycles. The first kappa shape index (κ1) is 16.0. The topological polar surface area (TPSA) is 3.24 Å². The van der Waals surface area contributed by atoms with E-state index in [2.05, 4.69) is 79.4 Å². The molecule has 1 saturated heterocycles. The Bertz CT molecular complexity index is 629. The van der Waals surface area contributed by atoms with E-state index in [1.165, 1.54) is 48.2 Å². The van der Waals surface area contributed by atoms with E-state index in [1.54, 1.807) is 0 Å². The van der Waals surface area contributed by atoms with Crippen molar-refractivity contribution in [2.75, 3.05) is 13.1 Å². The van der Waals surface area contributed by atoms with E-state index in [9.17, 15) is 0 Å². The number of aryl methyl sites for hydroxylation is 2. The van der Waals surface area contributed by atoms with Crippen molar-refractivity contribution in [2.24, 2.45) is 5.92 Å². The zero-order chi connectivity index (χ0) is 16.1. The van der Waals surface area contributed by atoms with E-state index in [0.29, 0.717) is 0 Å². The Hall–Kier alpha value is -1.86. The number of hydrogen-bond acceptors (Lipinski definition) is 1. The largest absolute Gasteiger partial charge is 0.299 e. The monoisotopic (exact) mass is 305 g/mol. The van der Waals surface area contributed by atoms with Gasteiger partial charge in [0.1, 0.15) is 0 Å². The molecule has 1 heteroatoms. The molecule has 23 heavy (non-hydrogen) atoms. The molecule has 0 unspecified atom stereocenters. The van der Waals surface area contributed by atoms with Gasteiger partial charge in [0, 0.05) is 6.54 Å². The first-order valence-corrected chi connectivity index (χ1v) is 8.73. The third-order valence-corrected chi connectivity index (χ3v) is 4.96. The second-order valence-electron chi connectivity index (χ2n) is 6.76. The SMILES string of the molecule is Cc1cccc(C)c1C=CC1CCN(Cc2ccccc2)CC1. The van der Waals surface area contributed by atoms with Gasteiger partial charge in [0.05, 0.1) is 0 Å². The minimum atomic E-state index is 0.723. The fourth-order valence-corrected chi connectivity index (χ4v) is 3.47. The molecule has 0 amide bonds. The highest BCUT2D eigenvalue weighted by Gasteiger charge is 2.17. The Morgan fingerprint density at radius 3 is 2.22 bits per heavy atom. The summed E-state index contributed by atoms with van der Waals surface area (Å²) in [5.74, 6) is 0.723. The fourth-order valence-electron chi connectivity index (χ4n) is 3.47. The van der Waals surface area contributed by atoms with Crippen LogP contribution in [0.4, 0.5) is 0 Å². The predicted octanol–water partition coefficient (Wildman–Crippen LogP) is 5.23. The summed E-state index contributed by atoms with van der Waals surface area (Å²) < 4.78 is 0. The maximum absolute atomic E-state index is 2.58. The lowest BCUT2D eigenvalue weighted by atomic mass is 9.94. The van der Waals surface area contributed by atoms with Crippen LogP contribution < -0.4 is 0 Å². The molecular weight excluding hydrogens is 278 g/mol. The van der Waals surface area contributed by atoms with E-state index in [4.69, 9.17) is 0 Å². The number of piperidine rings is 1. The highest BCUT2D eigenvalue weighted by molar-refractivity contribution is 5.57. The van der Waals surface area contributed by atoms with Crippen LogP contribution in [0, 0.1) is 19.8 Å². The molecule has 120 valence electrons. The van der Waals surface area contributed by atoms with Gasteiger partial charge in [-0.25, -0.2) is 0 Å². The van der Waals surface area contributed by atoms with Crippen molar-refractivity contribution in [3.8, 4) is 0 Å². The van der Waals surface area contributed by atoms with Gasteiger partial charge in [-0.15, -0.1) is 0 Å². The van der Waals surface area contributed by atoms with Gasteiger partial charge in [-0.05, 0) is 68.0 Å². The summed E-state index contributed by atoms with van der Waals surface area (Å²) in [4.78, 5) is 2.58. The summed E-state index contributed by atoms with van der Waals surface area (Å²) in [6, 6.07) is 17.4. The Morgan fingerprint density at radius 1 is 0.913 bits per heavy atom. The first-order chi connectivity index (χ1) is 11.2. The Balaban J connectivity index is 1.54. The lowest BCUT2D eigenvalue weighted by Crippen LogP contribution is -2.32. The first-order valence-electron chi connectivity index (χ1n) is 8.73. The van der Waals surface area contributed by atoms with Crippen LogP contribution in [-0.2, 0) is 6.54 Å². The summed E-state index contributed by atoms with van der Waals surface area (Å²) in [6.07, 6.45) is 7.33. The molecule has 1 nitrogen and oxygen atoms in total. The summed E-state index contributed by atoms with van der Waals surface area (Å²) in [5.41, 5.74) is 5.58. The van der Waals surface area contributed by atoms with Gasteiger partial charge < -0.3 is 0 Å². The molecule has 0 aromatic heterocycles. The molecule has 0 radical (unpaired) electrons. The van der Waals surface area contributed by atoms with E-state index >= 15 is 0 Å². The molecule has 0 atom stereocenters. The van der Waals surface area contributed by atoms with Gasteiger partial charge in [-0.3, -0.25) is 4.90 Å². The molecule has 1 aliphatic heterocycles. The molecule has 0 N–H and O–H groups in total. The molecule has 0 spiro atoms. The summed E-state index contributed by atoms with van der Waals surface area (Å²) in [7, 11) is 0. The third-order valence-electron chi connectivity index (χ3n) is 4.96. The van der Waals surface area contributed by atoms with Crippen molar-refractivity contribution in [1.82, 2.24) is 4.90 Å². The van der Waals surface area contributed by atoms with Gasteiger partial charge >= 0.3 is 0 Å². The second kappa shape index (κ2) is 7.61. The quantitative estimate of drug-likeness (QED) is 0.747. The fraction of sp³-hybridized carbons (Fsp3) is 0.364. The van der Waals surface area contributed by atoms with Crippen molar-refractivity contribution < 1.29 is 0 Å². The van der Waals surface area contributed by atoms with Crippen LogP contribution in [-0.4, -0.2) is 18.0 Å². The van der Waals surface area contributed by atoms with Crippen LogP contribution in [0.15, 0.2) is 54.6 Å². The average Bonchev–Trinajstić information content (AvgIpc) is 2.57. The van der Waals surface area contributed by atoms with Crippen molar-refractivity contribution >= 4 is 6.08 Å². The molecule has 1 fully saturated rings. The van der Waals surface area contributed by atoms with E-state index in [-0.39, 0.29) is 0 Å². The number of rotatable bonds is 4. The molecular formula is C22H27N. The van der Waals surface area contributed by atoms with Crippen molar-refractivity contribution in [2.45, 2.75) is 33.2 Å². The number of hydrogen-bond donors (Lipinski definition) is 0. The van der Waals surface area contributed by atoms with Crippen LogP contribution in [0.5, 0.6) is 0 Å². The Kier molecular flexibility index (Phi) is 5.30. The zero-order valence-corrected chi connectivity index (χ0v) is 14.3. The maximum atomic E-state index is 2.58. The summed E-state index contributed by atoms with van der Waals surface area (Å²) >= 11 is 0. The Labute approximate surface area is 140 Å². The molecule has 3 rings (SSSR count). The van der Waals surface area contributed by atoms with E-state index in [0.717, 1.165) is 12.5 Å². The molecule has 1 aliphatic rings. The van der Waals surface area contributed by atoms with Gasteiger partial charge in [-0.2, -0.15) is 0 Å². The van der Waals surface area contributed by atoms with Crippen LogP contribution in [0.1, 0.15) is 35.1 Å². The maximum Gasteiger partial charge on any atom is 0.0233 e. The standard InChI is InChI=1S/C22H27N/c1-18-7-6-8-19(2)22(18)12-11-20-13-15-23(16-14-20)17-21-9-4-3-5-10-21/h3-12,20H,13-17H2,1-2H3. The highest BCUT2D eigenvalue weighted by atomic mass is 15.1. The van der Waals surface area contributed by atoms with E-state index < -0.39 is 0 Å². The molecule has 1 heterocycles. The molecule has 2 aromatic rings. The zero-order valence-electron chi connectivity index (χ0n) is 14.3. The van der Waals surface area contributed by atoms with Crippen molar-refractivity contribution in [3.63, 3.8) is 0 Å². The summed E-state index contributed by atoms with van der Waals surface area (Å²) in [6.45, 7) is 7.91. The lowest BCUT2D eigenvalue weighted by Gasteiger charge is -2.30. The number of benzene rings is 2. The molecule has 0 bridgehead atoms. The number of nitrogens with zero attached hydrogens (tertiary/aromatic N) is 1. The van der Waals surface area contributed by atoms with Crippen molar-refractivity contribution in [1.29, 1.82) is 0 Å². The van der Waals surface area contributed by atoms with Gasteiger partial charge in [0.25, 0.3) is 0 Å². The third kappa shape index (κ3) is 4.33. The van der Waals surface area contributed by atoms with Crippen LogP contribution >= 0.6 is 0 Å². The second-order valence-corrected chi connectivity index (χ2v) is 6.76. The normalized spacial score (nSPS) is 17.0. The van der Waals surface area contributed by atoms with Gasteiger partial charge in [-0.1, -0.05) is 60.7 Å². The molecule has 0 saturated carbocycles. The van der Waals surface area contributed by atoms with Crippen LogP contribution in [0.25, 0.3) is 6.08 Å². The smallest absolute Gasteiger partial charge is 0.0233 e. The van der Waals surface area contributed by atoms with Gasteiger partial charge in [0.15, 0.2) is 0 Å². The average molecular weight is 305 g/mol. The minimum absolute atomic E-state index is 0.723. The number of allylic oxidation sites excluding steroid dienone is 1. The highest BCUT2D eigenvalue weighted by Crippen LogP contribution is 2.23. The molecule has 2 aromatic carbocycles. The predicted molar refractivity (Wildman–Crippen MR) is 99.4 cm³/mol. The Morgan fingerprint density at radius 2 is 1.57 bits per heavy atom. The van der Waals surface area contributed by atoms with Crippen LogP contribution in [0.3, 0.4) is 0 Å². The van der Waals surface area contributed by atoms with E-state index in [1.807, 2.05) is 0 Å². The van der Waals surface area contributed by atoms with Crippen LogP contribution in [0.2, 0.25) is 0 Å². The summed E-state index contributed by atoms with van der Waals surface area (Å²) in [5, 5.41) is 0.